The zero-order chi connectivity index (χ0) is 14.2. The third kappa shape index (κ3) is 3.06. The predicted octanol–water partition coefficient (Wildman–Crippen LogP) is 0.921. The molecule has 3 atom stereocenters. The highest BCUT2D eigenvalue weighted by Crippen LogP contribution is 2.43. The van der Waals surface area contributed by atoms with Crippen molar-refractivity contribution in [2.24, 2.45) is 11.8 Å². The Kier molecular flexibility index (Phi) is 4.08. The normalized spacial score (nSPS) is 38.8. The van der Waals surface area contributed by atoms with Crippen LogP contribution in [0.1, 0.15) is 31.2 Å². The van der Waals surface area contributed by atoms with Crippen molar-refractivity contribution in [1.29, 1.82) is 0 Å². The van der Waals surface area contributed by atoms with E-state index in [0.717, 1.165) is 17.9 Å². The van der Waals surface area contributed by atoms with Gasteiger partial charge in [0.15, 0.2) is 0 Å². The van der Waals surface area contributed by atoms with E-state index in [9.17, 15) is 0 Å². The number of hydrogen-bond acceptors (Lipinski definition) is 0. The van der Waals surface area contributed by atoms with Crippen LogP contribution in [0.4, 0.5) is 0 Å². The first-order valence-electron chi connectivity index (χ1n) is 8.70. The Hall–Kier alpha value is -0.380. The number of rotatable bonds is 3. The van der Waals surface area contributed by atoms with Crippen LogP contribution in [0, 0.1) is 11.8 Å². The summed E-state index contributed by atoms with van der Waals surface area (Å²) in [6.07, 6.45) is 6.18. The highest BCUT2D eigenvalue weighted by molar-refractivity contribution is 9.10. The van der Waals surface area contributed by atoms with Crippen molar-refractivity contribution >= 4 is 15.9 Å². The molecular weight excluding hydrogens is 324 g/mol. The van der Waals surface area contributed by atoms with E-state index in [2.05, 4.69) is 40.2 Å². The molecule has 0 unspecified atom stereocenters. The van der Waals surface area contributed by atoms with Crippen molar-refractivity contribution in [1.82, 2.24) is 0 Å². The molecule has 1 heterocycles. The Labute approximate surface area is 136 Å². The molecule has 21 heavy (non-hydrogen) atoms. The van der Waals surface area contributed by atoms with Crippen LogP contribution in [0.5, 0.6) is 0 Å². The molecule has 1 aliphatic heterocycles. The van der Waals surface area contributed by atoms with E-state index in [0.29, 0.717) is 0 Å². The molecule has 1 saturated heterocycles. The van der Waals surface area contributed by atoms with Crippen LogP contribution in [0.25, 0.3) is 0 Å². The van der Waals surface area contributed by atoms with Gasteiger partial charge >= 0.3 is 0 Å². The van der Waals surface area contributed by atoms with Gasteiger partial charge in [-0.25, -0.2) is 0 Å². The minimum Gasteiger partial charge on any atom is -0.323 e. The van der Waals surface area contributed by atoms with Gasteiger partial charge in [-0.1, -0.05) is 28.1 Å². The first-order valence-corrected chi connectivity index (χ1v) is 9.50. The summed E-state index contributed by atoms with van der Waals surface area (Å²) in [5.74, 6) is 2.18. The fourth-order valence-corrected chi connectivity index (χ4v) is 5.37. The summed E-state index contributed by atoms with van der Waals surface area (Å²) >= 11 is 3.52. The number of nitrogens with one attached hydrogen (secondary N) is 2. The Morgan fingerprint density at radius 2 is 1.71 bits per heavy atom. The minimum absolute atomic E-state index is 1.03. The van der Waals surface area contributed by atoms with Gasteiger partial charge in [-0.3, -0.25) is 0 Å². The Bertz CT molecular complexity index is 478. The van der Waals surface area contributed by atoms with E-state index < -0.39 is 0 Å². The zero-order valence-corrected chi connectivity index (χ0v) is 14.4. The number of benzene rings is 1. The predicted molar refractivity (Wildman–Crippen MR) is 88.5 cm³/mol. The average Bonchev–Trinajstić information content (AvgIpc) is 3.13. The first kappa shape index (κ1) is 14.2. The molecule has 3 heteroatoms. The standard InChI is InChI=1S/C18H25BrN2/c19-17-5-2-14(3-6-17)13-20-7-9-21(10-8-20)18-12-15-1-4-16(18)11-15/h2-3,5-6,15-16,18H,1,4,7-13H2/p+2/t15-,16+,18+/m0/s1. The first-order chi connectivity index (χ1) is 10.3. The quantitative estimate of drug-likeness (QED) is 0.802. The van der Waals surface area contributed by atoms with Gasteiger partial charge in [0.2, 0.25) is 0 Å². The molecule has 2 N–H and O–H groups in total. The molecule has 3 fully saturated rings. The molecule has 2 bridgehead atoms. The van der Waals surface area contributed by atoms with E-state index in [1.54, 1.807) is 17.7 Å². The van der Waals surface area contributed by atoms with Gasteiger partial charge in [0.1, 0.15) is 32.7 Å². The molecule has 2 aliphatic carbocycles. The van der Waals surface area contributed by atoms with Gasteiger partial charge in [-0.05, 0) is 37.3 Å². The monoisotopic (exact) mass is 350 g/mol. The molecule has 2 nitrogen and oxygen atoms in total. The van der Waals surface area contributed by atoms with Crippen LogP contribution in [0.3, 0.4) is 0 Å². The van der Waals surface area contributed by atoms with Crippen LogP contribution in [0.2, 0.25) is 0 Å². The fourth-order valence-electron chi connectivity index (χ4n) is 5.11. The molecule has 0 amide bonds. The molecule has 3 aliphatic rings. The molecule has 1 aromatic carbocycles. The maximum Gasteiger partial charge on any atom is 0.127 e. The molecule has 2 saturated carbocycles. The molecule has 0 spiro atoms. The van der Waals surface area contributed by atoms with Crippen LogP contribution in [-0.2, 0) is 6.54 Å². The molecule has 114 valence electrons. The molecule has 1 aromatic rings. The lowest BCUT2D eigenvalue weighted by atomic mass is 9.93. The average molecular weight is 351 g/mol. The smallest absolute Gasteiger partial charge is 0.127 e. The van der Waals surface area contributed by atoms with Crippen LogP contribution >= 0.6 is 15.9 Å². The lowest BCUT2D eigenvalue weighted by molar-refractivity contribution is -1.03. The number of fused-ring (bicyclic) bond motifs is 2. The van der Waals surface area contributed by atoms with E-state index in [-0.39, 0.29) is 0 Å². The third-order valence-electron chi connectivity index (χ3n) is 6.23. The van der Waals surface area contributed by atoms with Crippen molar-refractivity contribution in [2.75, 3.05) is 26.2 Å². The molecular formula is C18H27BrN2+2. The second kappa shape index (κ2) is 6.02. The van der Waals surface area contributed by atoms with Crippen molar-refractivity contribution in [3.8, 4) is 0 Å². The van der Waals surface area contributed by atoms with Gasteiger partial charge in [0, 0.05) is 22.4 Å². The van der Waals surface area contributed by atoms with Crippen molar-refractivity contribution < 1.29 is 9.80 Å². The van der Waals surface area contributed by atoms with Crippen LogP contribution in [0.15, 0.2) is 28.7 Å². The van der Waals surface area contributed by atoms with Gasteiger partial charge in [0.05, 0.1) is 6.04 Å². The molecule has 4 rings (SSSR count). The Morgan fingerprint density at radius 3 is 2.33 bits per heavy atom. The number of quaternary nitrogens is 2. The SMILES string of the molecule is Brc1ccc(C[NH+]2CC[NH+]([C@@H]3C[C@H]4CC[C@@H]3C4)CC2)cc1. The van der Waals surface area contributed by atoms with E-state index in [1.165, 1.54) is 55.6 Å². The van der Waals surface area contributed by atoms with Crippen molar-refractivity contribution in [3.05, 3.63) is 34.3 Å². The van der Waals surface area contributed by atoms with Gasteiger partial charge < -0.3 is 9.80 Å². The van der Waals surface area contributed by atoms with E-state index >= 15 is 0 Å². The minimum atomic E-state index is 1.03. The Morgan fingerprint density at radius 1 is 0.952 bits per heavy atom. The van der Waals surface area contributed by atoms with Gasteiger partial charge in [0.25, 0.3) is 0 Å². The summed E-state index contributed by atoms with van der Waals surface area (Å²) in [4.78, 5) is 3.73. The van der Waals surface area contributed by atoms with E-state index in [4.69, 9.17) is 0 Å². The number of hydrogen-bond donors (Lipinski definition) is 2. The second-order valence-corrected chi connectivity index (χ2v) is 8.41. The lowest BCUT2D eigenvalue weighted by Crippen LogP contribution is -3.29. The fraction of sp³-hybridized carbons (Fsp3) is 0.667. The van der Waals surface area contributed by atoms with Crippen molar-refractivity contribution in [3.63, 3.8) is 0 Å². The highest BCUT2D eigenvalue weighted by atomic mass is 79.9. The van der Waals surface area contributed by atoms with Gasteiger partial charge in [-0.2, -0.15) is 0 Å². The third-order valence-corrected chi connectivity index (χ3v) is 6.76. The second-order valence-electron chi connectivity index (χ2n) is 7.49. The summed E-state index contributed by atoms with van der Waals surface area (Å²) in [6, 6.07) is 9.91. The lowest BCUT2D eigenvalue weighted by Gasteiger charge is -2.36. The molecule has 0 aromatic heterocycles. The Balaban J connectivity index is 1.29. The van der Waals surface area contributed by atoms with Gasteiger partial charge in [-0.15, -0.1) is 0 Å². The topological polar surface area (TPSA) is 8.88 Å². The summed E-state index contributed by atoms with van der Waals surface area (Å²) in [6.45, 7) is 6.73. The summed E-state index contributed by atoms with van der Waals surface area (Å²) in [5.41, 5.74) is 1.48. The number of piperazine rings is 1. The maximum atomic E-state index is 3.52. The summed E-state index contributed by atoms with van der Waals surface area (Å²) in [5, 5.41) is 0. The van der Waals surface area contributed by atoms with E-state index in [1.807, 2.05) is 4.90 Å². The van der Waals surface area contributed by atoms with Crippen molar-refractivity contribution in [2.45, 2.75) is 38.3 Å². The summed E-state index contributed by atoms with van der Waals surface area (Å²) in [7, 11) is 0. The maximum absolute atomic E-state index is 3.52. The molecule has 0 radical (unpaired) electrons. The van der Waals surface area contributed by atoms with Crippen LogP contribution in [-0.4, -0.2) is 32.2 Å². The van der Waals surface area contributed by atoms with Crippen LogP contribution < -0.4 is 9.80 Å². The zero-order valence-electron chi connectivity index (χ0n) is 12.8. The number of halogens is 1. The highest BCUT2D eigenvalue weighted by Gasteiger charge is 2.45. The summed E-state index contributed by atoms with van der Waals surface area (Å²) < 4.78 is 1.19. The largest absolute Gasteiger partial charge is 0.323 e.